The van der Waals surface area contributed by atoms with Gasteiger partial charge in [0.2, 0.25) is 0 Å². The van der Waals surface area contributed by atoms with E-state index in [0.717, 1.165) is 12.1 Å². The first-order valence-corrected chi connectivity index (χ1v) is 8.64. The molecule has 21 heavy (non-hydrogen) atoms. The molecule has 1 aromatic carbocycles. The van der Waals surface area contributed by atoms with Gasteiger partial charge in [-0.05, 0) is 43.0 Å². The average molecular weight is 330 g/mol. The molecule has 2 nitrogen and oxygen atoms in total. The highest BCUT2D eigenvalue weighted by atomic mass is 35.5. The lowest BCUT2D eigenvalue weighted by atomic mass is 9.81. The van der Waals surface area contributed by atoms with Crippen molar-refractivity contribution in [2.75, 3.05) is 13.7 Å². The summed E-state index contributed by atoms with van der Waals surface area (Å²) >= 11 is 12.2. The molecular weight excluding hydrogens is 305 g/mol. The monoisotopic (exact) mass is 329 g/mol. The van der Waals surface area contributed by atoms with Crippen LogP contribution >= 0.6 is 23.2 Å². The maximum Gasteiger partial charge on any atom is 0.0794 e. The van der Waals surface area contributed by atoms with Gasteiger partial charge in [-0.3, -0.25) is 0 Å². The summed E-state index contributed by atoms with van der Waals surface area (Å²) in [5.41, 5.74) is 1.16. The molecule has 1 N–H and O–H groups in total. The number of methoxy groups -OCH3 is 1. The molecule has 2 atom stereocenters. The fraction of sp³-hybridized carbons (Fsp3) is 0.647. The van der Waals surface area contributed by atoms with Gasteiger partial charge in [0.1, 0.15) is 0 Å². The number of nitrogens with one attached hydrogen (secondary N) is 1. The Balaban J connectivity index is 2.23. The summed E-state index contributed by atoms with van der Waals surface area (Å²) in [5, 5.41) is 4.77. The number of rotatable bonds is 6. The van der Waals surface area contributed by atoms with Gasteiger partial charge in [-0.15, -0.1) is 0 Å². The van der Waals surface area contributed by atoms with Gasteiger partial charge < -0.3 is 10.1 Å². The smallest absolute Gasteiger partial charge is 0.0794 e. The Morgan fingerprint density at radius 3 is 2.48 bits per heavy atom. The van der Waals surface area contributed by atoms with Gasteiger partial charge >= 0.3 is 0 Å². The van der Waals surface area contributed by atoms with Crippen LogP contribution < -0.4 is 5.32 Å². The average Bonchev–Trinajstić information content (AvgIpc) is 2.51. The van der Waals surface area contributed by atoms with Crippen molar-refractivity contribution in [3.63, 3.8) is 0 Å². The van der Waals surface area contributed by atoms with Gasteiger partial charge in [0.05, 0.1) is 22.2 Å². The second-order valence-corrected chi connectivity index (χ2v) is 6.62. The minimum atomic E-state index is 0.165. The maximum absolute atomic E-state index is 6.19. The molecule has 0 spiro atoms. The van der Waals surface area contributed by atoms with Crippen LogP contribution in [0, 0.1) is 5.92 Å². The van der Waals surface area contributed by atoms with Crippen LogP contribution in [0.2, 0.25) is 10.0 Å². The van der Waals surface area contributed by atoms with E-state index in [0.29, 0.717) is 16.0 Å². The molecule has 0 radical (unpaired) electrons. The number of halogens is 2. The van der Waals surface area contributed by atoms with E-state index < -0.39 is 0 Å². The van der Waals surface area contributed by atoms with Crippen molar-refractivity contribution in [2.24, 2.45) is 5.92 Å². The first kappa shape index (κ1) is 17.1. The molecule has 1 aliphatic carbocycles. The van der Waals surface area contributed by atoms with Gasteiger partial charge in [0, 0.05) is 7.11 Å². The zero-order chi connectivity index (χ0) is 15.2. The highest BCUT2D eigenvalue weighted by molar-refractivity contribution is 6.42. The molecule has 0 amide bonds. The van der Waals surface area contributed by atoms with Gasteiger partial charge in [-0.25, -0.2) is 0 Å². The number of likely N-dealkylation sites (N-methyl/N-ethyl adjacent to an activating group) is 1. The quantitative estimate of drug-likeness (QED) is 0.770. The van der Waals surface area contributed by atoms with Crippen molar-refractivity contribution in [2.45, 2.75) is 51.2 Å². The van der Waals surface area contributed by atoms with Crippen molar-refractivity contribution in [1.82, 2.24) is 5.32 Å². The molecule has 1 aromatic rings. The highest BCUT2D eigenvalue weighted by Crippen LogP contribution is 2.35. The number of hydrogen-bond acceptors (Lipinski definition) is 2. The molecule has 1 saturated carbocycles. The van der Waals surface area contributed by atoms with E-state index in [2.05, 4.69) is 18.3 Å². The van der Waals surface area contributed by atoms with Crippen LogP contribution in [0.15, 0.2) is 18.2 Å². The number of benzene rings is 1. The molecule has 0 bridgehead atoms. The zero-order valence-corrected chi connectivity index (χ0v) is 14.4. The largest absolute Gasteiger partial charge is 0.379 e. The topological polar surface area (TPSA) is 21.3 Å². The predicted octanol–water partition coefficient (Wildman–Crippen LogP) is 5.24. The van der Waals surface area contributed by atoms with Crippen molar-refractivity contribution in [3.05, 3.63) is 33.8 Å². The van der Waals surface area contributed by atoms with Crippen molar-refractivity contribution in [1.29, 1.82) is 0 Å². The van der Waals surface area contributed by atoms with E-state index in [1.54, 1.807) is 0 Å². The van der Waals surface area contributed by atoms with E-state index in [1.165, 1.54) is 32.1 Å². The van der Waals surface area contributed by atoms with Gasteiger partial charge in [0.15, 0.2) is 0 Å². The van der Waals surface area contributed by atoms with Gasteiger partial charge in [-0.1, -0.05) is 55.5 Å². The second kappa shape index (κ2) is 8.38. The van der Waals surface area contributed by atoms with Gasteiger partial charge in [-0.2, -0.15) is 0 Å². The minimum Gasteiger partial charge on any atom is -0.379 e. The first-order valence-electron chi connectivity index (χ1n) is 7.88. The molecule has 0 aromatic heterocycles. The van der Waals surface area contributed by atoms with Crippen LogP contribution in [0.3, 0.4) is 0 Å². The summed E-state index contributed by atoms with van der Waals surface area (Å²) in [7, 11) is 1.82. The van der Waals surface area contributed by atoms with Crippen LogP contribution in [0.25, 0.3) is 0 Å². The van der Waals surface area contributed by atoms with Crippen LogP contribution in [-0.4, -0.2) is 19.8 Å². The summed E-state index contributed by atoms with van der Waals surface area (Å²) < 4.78 is 5.89. The third-order valence-corrected chi connectivity index (χ3v) is 5.18. The van der Waals surface area contributed by atoms with Gasteiger partial charge in [0.25, 0.3) is 0 Å². The molecular formula is C17H25Cl2NO. The van der Waals surface area contributed by atoms with E-state index in [4.69, 9.17) is 27.9 Å². The van der Waals surface area contributed by atoms with Crippen LogP contribution in [0.4, 0.5) is 0 Å². The predicted molar refractivity (Wildman–Crippen MR) is 90.3 cm³/mol. The number of ether oxygens (including phenoxy) is 1. The first-order chi connectivity index (χ1) is 10.2. The lowest BCUT2D eigenvalue weighted by Crippen LogP contribution is -2.39. The number of hydrogen-bond donors (Lipinski definition) is 1. The van der Waals surface area contributed by atoms with Crippen molar-refractivity contribution < 1.29 is 4.74 Å². The lowest BCUT2D eigenvalue weighted by molar-refractivity contribution is 0.00792. The molecule has 0 heterocycles. The van der Waals surface area contributed by atoms with E-state index in [-0.39, 0.29) is 12.1 Å². The summed E-state index contributed by atoms with van der Waals surface area (Å²) in [6.07, 6.45) is 6.66. The summed E-state index contributed by atoms with van der Waals surface area (Å²) in [4.78, 5) is 0. The molecule has 0 saturated heterocycles. The fourth-order valence-corrected chi connectivity index (χ4v) is 3.72. The van der Waals surface area contributed by atoms with Crippen molar-refractivity contribution in [3.8, 4) is 0 Å². The zero-order valence-electron chi connectivity index (χ0n) is 12.9. The van der Waals surface area contributed by atoms with Crippen molar-refractivity contribution >= 4 is 23.2 Å². The molecule has 0 aliphatic heterocycles. The summed E-state index contributed by atoms with van der Waals surface area (Å²) in [6.45, 7) is 3.02. The Bertz CT molecular complexity index is 446. The normalized spacial score (nSPS) is 19.4. The minimum absolute atomic E-state index is 0.165. The summed E-state index contributed by atoms with van der Waals surface area (Å²) in [6, 6.07) is 6.05. The van der Waals surface area contributed by atoms with E-state index >= 15 is 0 Å². The van der Waals surface area contributed by atoms with E-state index in [9.17, 15) is 0 Å². The molecule has 1 aliphatic rings. The van der Waals surface area contributed by atoms with Crippen LogP contribution in [-0.2, 0) is 4.74 Å². The van der Waals surface area contributed by atoms with Crippen LogP contribution in [0.5, 0.6) is 0 Å². The maximum atomic E-state index is 6.19. The Hall–Kier alpha value is -0.280. The molecule has 4 heteroatoms. The second-order valence-electron chi connectivity index (χ2n) is 5.81. The van der Waals surface area contributed by atoms with Crippen LogP contribution in [0.1, 0.15) is 50.6 Å². The summed E-state index contributed by atoms with van der Waals surface area (Å²) in [5.74, 6) is 0.613. The Kier molecular flexibility index (Phi) is 6.81. The molecule has 2 unspecified atom stereocenters. The fourth-order valence-electron chi connectivity index (χ4n) is 3.41. The molecule has 118 valence electrons. The SMILES string of the molecule is CCNC(c1ccc(Cl)c(Cl)c1)C(OC)C1CCCCC1. The van der Waals surface area contributed by atoms with E-state index in [1.807, 2.05) is 19.2 Å². The molecule has 1 fully saturated rings. The Morgan fingerprint density at radius 1 is 1.19 bits per heavy atom. The molecule has 2 rings (SSSR count). The Morgan fingerprint density at radius 2 is 1.90 bits per heavy atom. The lowest BCUT2D eigenvalue weighted by Gasteiger charge is -2.35. The third-order valence-electron chi connectivity index (χ3n) is 4.44. The third kappa shape index (κ3) is 4.35. The standard InChI is InChI=1S/C17H25Cl2NO/c1-3-20-16(13-9-10-14(18)15(19)11-13)17(21-2)12-7-5-4-6-8-12/h9-12,16-17,20H,3-8H2,1-2H3. The Labute approximate surface area is 138 Å². The highest BCUT2D eigenvalue weighted by Gasteiger charge is 2.31.